The van der Waals surface area contributed by atoms with Gasteiger partial charge in [0.1, 0.15) is 6.10 Å². The average molecular weight is 379 g/mol. The number of rotatable bonds is 5. The minimum atomic E-state index is 0.0671. The predicted molar refractivity (Wildman–Crippen MR) is 116 cm³/mol. The maximum absolute atomic E-state index is 5.99. The zero-order chi connectivity index (χ0) is 19.3. The molecule has 2 aliphatic rings. The molecule has 150 valence electrons. The summed E-state index contributed by atoms with van der Waals surface area (Å²) < 4.78 is 11.9. The Morgan fingerprint density at radius 2 is 1.29 bits per heavy atom. The van der Waals surface area contributed by atoms with Gasteiger partial charge >= 0.3 is 0 Å². The third-order valence-corrected chi connectivity index (χ3v) is 6.84. The first-order chi connectivity index (χ1) is 13.8. The second-order valence-corrected chi connectivity index (χ2v) is 8.56. The van der Waals surface area contributed by atoms with E-state index in [0.29, 0.717) is 13.2 Å². The van der Waals surface area contributed by atoms with Crippen molar-refractivity contribution >= 4 is 0 Å². The van der Waals surface area contributed by atoms with E-state index in [9.17, 15) is 0 Å². The lowest BCUT2D eigenvalue weighted by Crippen LogP contribution is -2.30. The Bertz CT molecular complexity index is 653. The van der Waals surface area contributed by atoms with Gasteiger partial charge in [-0.1, -0.05) is 68.8 Å². The van der Waals surface area contributed by atoms with Gasteiger partial charge < -0.3 is 9.47 Å². The molecule has 1 aliphatic heterocycles. The molecule has 1 saturated carbocycles. The molecule has 2 nitrogen and oxygen atoms in total. The van der Waals surface area contributed by atoms with Crippen molar-refractivity contribution in [2.75, 3.05) is 13.2 Å². The molecule has 0 N–H and O–H groups in total. The van der Waals surface area contributed by atoms with Crippen molar-refractivity contribution in [3.63, 3.8) is 0 Å². The van der Waals surface area contributed by atoms with Gasteiger partial charge in [-0.2, -0.15) is 0 Å². The molecule has 1 heterocycles. The maximum Gasteiger partial charge on any atom is 0.106 e. The number of hydrogen-bond acceptors (Lipinski definition) is 2. The number of ether oxygens (including phenoxy) is 2. The first-order valence-corrected chi connectivity index (χ1v) is 11.2. The Hall–Kier alpha value is -1.64. The fourth-order valence-corrected chi connectivity index (χ4v) is 4.71. The van der Waals surface area contributed by atoms with E-state index in [2.05, 4.69) is 62.4 Å². The van der Waals surface area contributed by atoms with Crippen molar-refractivity contribution in [3.05, 3.63) is 59.7 Å². The molecule has 4 rings (SSSR count). The lowest BCUT2D eigenvalue weighted by Gasteiger charge is -2.29. The number of benzene rings is 2. The Kier molecular flexibility index (Phi) is 6.49. The van der Waals surface area contributed by atoms with Gasteiger partial charge in [0.05, 0.1) is 19.3 Å². The molecule has 0 bridgehead atoms. The molecule has 2 fully saturated rings. The highest BCUT2D eigenvalue weighted by Crippen LogP contribution is 2.37. The molecule has 0 aromatic heterocycles. The average Bonchev–Trinajstić information content (AvgIpc) is 2.79. The molecule has 1 aliphatic carbocycles. The molecule has 0 unspecified atom stereocenters. The largest absolute Gasteiger partial charge is 0.373 e. The van der Waals surface area contributed by atoms with Crippen LogP contribution in [0.3, 0.4) is 0 Å². The van der Waals surface area contributed by atoms with E-state index in [0.717, 1.165) is 18.3 Å². The van der Waals surface area contributed by atoms with Crippen LogP contribution in [0.25, 0.3) is 11.1 Å². The highest BCUT2D eigenvalue weighted by molar-refractivity contribution is 5.64. The van der Waals surface area contributed by atoms with Crippen molar-refractivity contribution in [3.8, 4) is 11.1 Å². The van der Waals surface area contributed by atoms with E-state index in [1.807, 2.05) is 0 Å². The smallest absolute Gasteiger partial charge is 0.106 e. The fraction of sp³-hybridized carbons (Fsp3) is 0.538. The summed E-state index contributed by atoms with van der Waals surface area (Å²) >= 11 is 0. The number of hydrogen-bond donors (Lipinski definition) is 0. The summed E-state index contributed by atoms with van der Waals surface area (Å²) in [6, 6.07) is 18.1. The minimum absolute atomic E-state index is 0.0671. The van der Waals surface area contributed by atoms with Crippen LogP contribution in [0.4, 0.5) is 0 Å². The van der Waals surface area contributed by atoms with E-state index in [1.165, 1.54) is 54.4 Å². The third kappa shape index (κ3) is 4.50. The predicted octanol–water partition coefficient (Wildman–Crippen LogP) is 6.90. The monoisotopic (exact) mass is 378 g/mol. The van der Waals surface area contributed by atoms with Gasteiger partial charge in [0.2, 0.25) is 0 Å². The molecule has 2 aromatic carbocycles. The van der Waals surface area contributed by atoms with Gasteiger partial charge in [-0.05, 0) is 66.2 Å². The van der Waals surface area contributed by atoms with E-state index >= 15 is 0 Å². The summed E-state index contributed by atoms with van der Waals surface area (Å²) in [7, 11) is 0. The second-order valence-electron chi connectivity index (χ2n) is 8.56. The van der Waals surface area contributed by atoms with Crippen molar-refractivity contribution in [1.29, 1.82) is 0 Å². The first-order valence-electron chi connectivity index (χ1n) is 11.2. The van der Waals surface area contributed by atoms with Gasteiger partial charge in [0.15, 0.2) is 0 Å². The van der Waals surface area contributed by atoms with Crippen molar-refractivity contribution in [1.82, 2.24) is 0 Å². The van der Waals surface area contributed by atoms with Crippen molar-refractivity contribution in [2.24, 2.45) is 5.92 Å². The Balaban J connectivity index is 1.38. The fourth-order valence-electron chi connectivity index (χ4n) is 4.71. The maximum atomic E-state index is 5.99. The molecule has 28 heavy (non-hydrogen) atoms. The van der Waals surface area contributed by atoms with Crippen LogP contribution in [0.2, 0.25) is 0 Å². The zero-order valence-corrected chi connectivity index (χ0v) is 17.4. The molecular formula is C26H34O2. The van der Waals surface area contributed by atoms with Gasteiger partial charge in [-0.3, -0.25) is 0 Å². The van der Waals surface area contributed by atoms with Crippen LogP contribution in [0.1, 0.15) is 75.5 Å². The minimum Gasteiger partial charge on any atom is -0.373 e. The van der Waals surface area contributed by atoms with Crippen LogP contribution >= 0.6 is 0 Å². The molecule has 1 saturated heterocycles. The summed E-state index contributed by atoms with van der Waals surface area (Å²) in [5.74, 6) is 1.72. The Morgan fingerprint density at radius 3 is 1.79 bits per heavy atom. The molecule has 0 radical (unpaired) electrons. The lowest BCUT2D eigenvalue weighted by atomic mass is 9.77. The van der Waals surface area contributed by atoms with E-state index < -0.39 is 0 Å². The molecule has 2 atom stereocenters. The highest BCUT2D eigenvalue weighted by Gasteiger charge is 2.23. The summed E-state index contributed by atoms with van der Waals surface area (Å²) in [6.07, 6.45) is 8.19. The summed E-state index contributed by atoms with van der Waals surface area (Å²) in [6.45, 7) is 5.84. The van der Waals surface area contributed by atoms with Crippen molar-refractivity contribution in [2.45, 2.75) is 70.5 Å². The van der Waals surface area contributed by atoms with E-state index in [1.54, 1.807) is 0 Å². The second kappa shape index (κ2) is 9.24. The summed E-state index contributed by atoms with van der Waals surface area (Å²) in [5, 5.41) is 0. The third-order valence-electron chi connectivity index (χ3n) is 6.84. The van der Waals surface area contributed by atoms with Gasteiger partial charge in [0.25, 0.3) is 0 Å². The van der Waals surface area contributed by atoms with Crippen molar-refractivity contribution < 1.29 is 9.47 Å². The molecule has 2 aromatic rings. The first kappa shape index (κ1) is 19.7. The zero-order valence-electron chi connectivity index (χ0n) is 17.4. The van der Waals surface area contributed by atoms with Gasteiger partial charge in [-0.15, -0.1) is 0 Å². The van der Waals surface area contributed by atoms with Gasteiger partial charge in [-0.25, -0.2) is 0 Å². The Labute approximate surface area is 170 Å². The summed E-state index contributed by atoms with van der Waals surface area (Å²) in [5.41, 5.74) is 5.30. The molecular weight excluding hydrogens is 344 g/mol. The van der Waals surface area contributed by atoms with Crippen LogP contribution < -0.4 is 0 Å². The van der Waals surface area contributed by atoms with E-state index in [-0.39, 0.29) is 12.2 Å². The normalized spacial score (nSPS) is 28.2. The molecule has 0 spiro atoms. The summed E-state index contributed by atoms with van der Waals surface area (Å²) in [4.78, 5) is 0. The topological polar surface area (TPSA) is 18.5 Å². The van der Waals surface area contributed by atoms with Crippen LogP contribution in [-0.4, -0.2) is 19.3 Å². The SMILES string of the molecule is CCC1CCC(c2ccc(-c3ccc([C@H]4CO[C@H](CC)CO4)cc3)cc2)CC1. The lowest BCUT2D eigenvalue weighted by molar-refractivity contribution is -0.135. The van der Waals surface area contributed by atoms with Crippen LogP contribution in [0.15, 0.2) is 48.5 Å². The van der Waals surface area contributed by atoms with E-state index in [4.69, 9.17) is 9.47 Å². The quantitative estimate of drug-likeness (QED) is 0.563. The standard InChI is InChI=1S/C26H34O2/c1-3-19-5-7-20(8-6-19)21-9-11-22(12-10-21)23-13-15-24(16-14-23)26-18-27-25(4-2)17-28-26/h9-16,19-20,25-26H,3-8,17-18H2,1-2H3/t19?,20?,25-,26-/m1/s1. The molecule has 2 heteroatoms. The Morgan fingerprint density at radius 1 is 0.679 bits per heavy atom. The highest BCUT2D eigenvalue weighted by atomic mass is 16.6. The van der Waals surface area contributed by atoms with Crippen LogP contribution in [0.5, 0.6) is 0 Å². The van der Waals surface area contributed by atoms with Crippen LogP contribution in [0, 0.1) is 5.92 Å². The van der Waals surface area contributed by atoms with Gasteiger partial charge in [0, 0.05) is 0 Å². The molecule has 0 amide bonds. The van der Waals surface area contributed by atoms with Crippen LogP contribution in [-0.2, 0) is 9.47 Å².